The SMILES string of the molecule is Cc1cc(C)cc(CSCC(C(=O)NCC#N)c2ccccc2C(N)=O)c1. The molecule has 6 heteroatoms. The molecule has 0 aromatic heterocycles. The smallest absolute Gasteiger partial charge is 0.249 e. The first-order valence-corrected chi connectivity index (χ1v) is 9.76. The summed E-state index contributed by atoms with van der Waals surface area (Å²) in [6, 6.07) is 15.1. The number of carbonyl (C=O) groups is 2. The lowest BCUT2D eigenvalue weighted by Crippen LogP contribution is -2.32. The van der Waals surface area contributed by atoms with Crippen LogP contribution in [0.4, 0.5) is 0 Å². The van der Waals surface area contributed by atoms with Gasteiger partial charge in [0, 0.05) is 17.1 Å². The first-order chi connectivity index (χ1) is 12.9. The third kappa shape index (κ3) is 5.87. The van der Waals surface area contributed by atoms with Crippen molar-refractivity contribution < 1.29 is 9.59 Å². The van der Waals surface area contributed by atoms with Gasteiger partial charge in [0.15, 0.2) is 0 Å². The lowest BCUT2D eigenvalue weighted by atomic mass is 9.94. The van der Waals surface area contributed by atoms with E-state index in [-0.39, 0.29) is 12.5 Å². The van der Waals surface area contributed by atoms with Gasteiger partial charge in [-0.25, -0.2) is 0 Å². The summed E-state index contributed by atoms with van der Waals surface area (Å²) in [6.07, 6.45) is 0. The molecule has 2 amide bonds. The molecule has 0 aliphatic rings. The van der Waals surface area contributed by atoms with Crippen molar-refractivity contribution in [1.29, 1.82) is 5.26 Å². The van der Waals surface area contributed by atoms with Crippen LogP contribution in [0.3, 0.4) is 0 Å². The Hall–Kier alpha value is -2.78. The van der Waals surface area contributed by atoms with Crippen molar-refractivity contribution in [2.75, 3.05) is 12.3 Å². The number of aryl methyl sites for hydroxylation is 2. The number of nitriles is 1. The zero-order valence-electron chi connectivity index (χ0n) is 15.5. The molecule has 0 saturated heterocycles. The van der Waals surface area contributed by atoms with Gasteiger partial charge in [-0.15, -0.1) is 0 Å². The summed E-state index contributed by atoms with van der Waals surface area (Å²) in [7, 11) is 0. The molecule has 1 atom stereocenters. The lowest BCUT2D eigenvalue weighted by Gasteiger charge is -2.18. The fourth-order valence-electron chi connectivity index (χ4n) is 3.03. The summed E-state index contributed by atoms with van der Waals surface area (Å²) in [6.45, 7) is 4.04. The predicted molar refractivity (Wildman–Crippen MR) is 108 cm³/mol. The van der Waals surface area contributed by atoms with E-state index in [4.69, 9.17) is 11.0 Å². The normalized spacial score (nSPS) is 11.4. The van der Waals surface area contributed by atoms with Gasteiger partial charge in [-0.05, 0) is 31.0 Å². The van der Waals surface area contributed by atoms with E-state index >= 15 is 0 Å². The minimum absolute atomic E-state index is 0.0736. The van der Waals surface area contributed by atoms with Crippen LogP contribution in [0.25, 0.3) is 0 Å². The highest BCUT2D eigenvalue weighted by Crippen LogP contribution is 2.27. The van der Waals surface area contributed by atoms with E-state index in [1.54, 1.807) is 36.0 Å². The van der Waals surface area contributed by atoms with Gasteiger partial charge in [0.1, 0.15) is 6.54 Å². The van der Waals surface area contributed by atoms with Crippen molar-refractivity contribution in [2.45, 2.75) is 25.5 Å². The van der Waals surface area contributed by atoms with E-state index in [9.17, 15) is 9.59 Å². The summed E-state index contributed by atoms with van der Waals surface area (Å²) in [5, 5.41) is 11.3. The van der Waals surface area contributed by atoms with Gasteiger partial charge in [-0.3, -0.25) is 9.59 Å². The van der Waals surface area contributed by atoms with Crippen molar-refractivity contribution >= 4 is 23.6 Å². The molecule has 0 aliphatic carbocycles. The maximum Gasteiger partial charge on any atom is 0.249 e. The molecule has 2 rings (SSSR count). The van der Waals surface area contributed by atoms with Crippen molar-refractivity contribution in [3.63, 3.8) is 0 Å². The zero-order chi connectivity index (χ0) is 19.8. The molecule has 2 aromatic carbocycles. The van der Waals surface area contributed by atoms with Crippen LogP contribution in [0, 0.1) is 25.2 Å². The molecule has 0 bridgehead atoms. The summed E-state index contributed by atoms with van der Waals surface area (Å²) in [5.74, 6) is -0.170. The first kappa shape index (κ1) is 20.5. The van der Waals surface area contributed by atoms with E-state index in [2.05, 4.69) is 37.4 Å². The van der Waals surface area contributed by atoms with Crippen LogP contribution < -0.4 is 11.1 Å². The number of thioether (sulfide) groups is 1. The number of primary amides is 1. The average Bonchev–Trinajstić information content (AvgIpc) is 2.62. The van der Waals surface area contributed by atoms with Gasteiger partial charge in [0.05, 0.1) is 12.0 Å². The second-order valence-electron chi connectivity index (χ2n) is 6.39. The molecule has 5 nitrogen and oxygen atoms in total. The van der Waals surface area contributed by atoms with E-state index in [1.807, 2.05) is 6.07 Å². The average molecular weight is 382 g/mol. The van der Waals surface area contributed by atoms with E-state index < -0.39 is 11.8 Å². The zero-order valence-corrected chi connectivity index (χ0v) is 16.3. The van der Waals surface area contributed by atoms with Gasteiger partial charge in [0.2, 0.25) is 11.8 Å². The van der Waals surface area contributed by atoms with Gasteiger partial charge in [-0.1, -0.05) is 47.5 Å². The summed E-state index contributed by atoms with van der Waals surface area (Å²) in [5.41, 5.74) is 10.00. The Bertz CT molecular complexity index is 854. The number of carbonyl (C=O) groups excluding carboxylic acids is 2. The monoisotopic (exact) mass is 381 g/mol. The minimum atomic E-state index is -0.567. The number of nitrogens with zero attached hydrogens (tertiary/aromatic N) is 1. The molecule has 0 fully saturated rings. The number of amides is 2. The Kier molecular flexibility index (Phi) is 7.44. The van der Waals surface area contributed by atoms with Crippen LogP contribution in [0.1, 0.15) is 38.5 Å². The number of hydrogen-bond donors (Lipinski definition) is 2. The Morgan fingerprint density at radius 2 is 1.85 bits per heavy atom. The molecule has 27 heavy (non-hydrogen) atoms. The third-order valence-corrected chi connectivity index (χ3v) is 5.20. The number of rotatable bonds is 8. The molecular weight excluding hydrogens is 358 g/mol. The molecule has 0 heterocycles. The number of hydrogen-bond acceptors (Lipinski definition) is 4. The van der Waals surface area contributed by atoms with Gasteiger partial charge in [-0.2, -0.15) is 17.0 Å². The minimum Gasteiger partial charge on any atom is -0.366 e. The van der Waals surface area contributed by atoms with Gasteiger partial charge >= 0.3 is 0 Å². The Labute approximate surface area is 164 Å². The Morgan fingerprint density at radius 3 is 2.48 bits per heavy atom. The van der Waals surface area contributed by atoms with Crippen LogP contribution in [-0.4, -0.2) is 24.1 Å². The van der Waals surface area contributed by atoms with Crippen LogP contribution >= 0.6 is 11.8 Å². The maximum atomic E-state index is 12.6. The molecule has 3 N–H and O–H groups in total. The predicted octanol–water partition coefficient (Wildman–Crippen LogP) is 3.06. The van der Waals surface area contributed by atoms with Crippen LogP contribution in [0.15, 0.2) is 42.5 Å². The second-order valence-corrected chi connectivity index (χ2v) is 7.42. The lowest BCUT2D eigenvalue weighted by molar-refractivity contribution is -0.121. The topological polar surface area (TPSA) is 96.0 Å². The van der Waals surface area contributed by atoms with E-state index in [0.29, 0.717) is 16.9 Å². The summed E-state index contributed by atoms with van der Waals surface area (Å²) >= 11 is 1.61. The molecule has 0 spiro atoms. The molecule has 0 saturated carbocycles. The molecular formula is C21H23N3O2S. The number of benzene rings is 2. The Morgan fingerprint density at radius 1 is 1.19 bits per heavy atom. The molecule has 1 unspecified atom stereocenters. The fraction of sp³-hybridized carbons (Fsp3) is 0.286. The largest absolute Gasteiger partial charge is 0.366 e. The van der Waals surface area contributed by atoms with Crippen molar-refractivity contribution in [1.82, 2.24) is 5.32 Å². The molecule has 0 radical (unpaired) electrons. The summed E-state index contributed by atoms with van der Waals surface area (Å²) < 4.78 is 0. The second kappa shape index (κ2) is 9.79. The van der Waals surface area contributed by atoms with Crippen molar-refractivity contribution in [3.8, 4) is 6.07 Å². The number of nitrogens with two attached hydrogens (primary N) is 1. The fourth-order valence-corrected chi connectivity index (χ4v) is 4.12. The number of nitrogens with one attached hydrogen (secondary N) is 1. The molecule has 2 aromatic rings. The highest BCUT2D eigenvalue weighted by atomic mass is 32.2. The van der Waals surface area contributed by atoms with Gasteiger partial charge < -0.3 is 11.1 Å². The van der Waals surface area contributed by atoms with Crippen LogP contribution in [0.5, 0.6) is 0 Å². The third-order valence-electron chi connectivity index (χ3n) is 4.09. The standard InChI is InChI=1S/C21H23N3O2S/c1-14-9-15(2)11-16(10-14)12-27-13-19(21(26)24-8-7-22)17-5-3-4-6-18(17)20(23)25/h3-6,9-11,19H,8,12-13H2,1-2H3,(H2,23,25)(H,24,26). The van der Waals surface area contributed by atoms with E-state index in [1.165, 1.54) is 16.7 Å². The van der Waals surface area contributed by atoms with Crippen molar-refractivity contribution in [3.05, 3.63) is 70.3 Å². The Balaban J connectivity index is 2.19. The van der Waals surface area contributed by atoms with Crippen LogP contribution in [0.2, 0.25) is 0 Å². The van der Waals surface area contributed by atoms with E-state index in [0.717, 1.165) is 5.75 Å². The highest BCUT2D eigenvalue weighted by Gasteiger charge is 2.24. The van der Waals surface area contributed by atoms with Crippen molar-refractivity contribution in [2.24, 2.45) is 5.73 Å². The molecule has 0 aliphatic heterocycles. The molecule has 140 valence electrons. The quantitative estimate of drug-likeness (QED) is 0.687. The highest BCUT2D eigenvalue weighted by molar-refractivity contribution is 7.98. The first-order valence-electron chi connectivity index (χ1n) is 8.60. The van der Waals surface area contributed by atoms with Crippen LogP contribution in [-0.2, 0) is 10.5 Å². The summed E-state index contributed by atoms with van der Waals surface area (Å²) in [4.78, 5) is 24.4. The van der Waals surface area contributed by atoms with Gasteiger partial charge in [0.25, 0.3) is 0 Å². The maximum absolute atomic E-state index is 12.6.